The Morgan fingerprint density at radius 2 is 1.83 bits per heavy atom. The first-order chi connectivity index (χ1) is 17.1. The largest absolute Gasteiger partial charge is 0.464 e. The number of halogens is 2. The standard InChI is InChI=1S/C25H27Cl2N3O5S/c1-3-4-9-35-24(31)15-30(36(33,34)20-11-16(26)10-17(27)12-20)19-7-8-21-22(14-29(2)23(21)13-19)25(32)28-18-5-6-18/h7-8,10-14,18H,3-6,9,15H2,1-2H3,(H,28,32). The van der Waals surface area contributed by atoms with Crippen molar-refractivity contribution in [1.29, 1.82) is 0 Å². The van der Waals surface area contributed by atoms with Gasteiger partial charge in [-0.15, -0.1) is 0 Å². The van der Waals surface area contributed by atoms with Crippen LogP contribution in [0.5, 0.6) is 0 Å². The van der Waals surface area contributed by atoms with E-state index in [-0.39, 0.29) is 39.2 Å². The number of benzene rings is 2. The molecule has 2 aromatic carbocycles. The Morgan fingerprint density at radius 1 is 1.14 bits per heavy atom. The molecule has 1 fully saturated rings. The molecule has 3 aromatic rings. The van der Waals surface area contributed by atoms with Gasteiger partial charge in [0.1, 0.15) is 6.54 Å². The van der Waals surface area contributed by atoms with E-state index in [1.54, 1.807) is 36.0 Å². The van der Waals surface area contributed by atoms with Gasteiger partial charge in [-0.25, -0.2) is 8.42 Å². The van der Waals surface area contributed by atoms with Crippen LogP contribution in [0.2, 0.25) is 10.0 Å². The fourth-order valence-corrected chi connectivity index (χ4v) is 5.94. The van der Waals surface area contributed by atoms with Crippen molar-refractivity contribution in [2.45, 2.75) is 43.5 Å². The molecule has 0 radical (unpaired) electrons. The van der Waals surface area contributed by atoms with Crippen LogP contribution in [0.4, 0.5) is 5.69 Å². The summed E-state index contributed by atoms with van der Waals surface area (Å²) in [4.78, 5) is 25.2. The van der Waals surface area contributed by atoms with Gasteiger partial charge < -0.3 is 14.6 Å². The Balaban J connectivity index is 1.75. The number of unbranched alkanes of at least 4 members (excludes halogenated alkanes) is 1. The van der Waals surface area contributed by atoms with Gasteiger partial charge in [0.05, 0.1) is 28.3 Å². The summed E-state index contributed by atoms with van der Waals surface area (Å²) < 4.78 is 35.4. The van der Waals surface area contributed by atoms with Crippen LogP contribution in [-0.2, 0) is 26.6 Å². The summed E-state index contributed by atoms with van der Waals surface area (Å²) in [6, 6.07) is 9.07. The van der Waals surface area contributed by atoms with Gasteiger partial charge in [-0.1, -0.05) is 36.5 Å². The summed E-state index contributed by atoms with van der Waals surface area (Å²) in [6.45, 7) is 1.62. The number of nitrogens with one attached hydrogen (secondary N) is 1. The molecule has 4 rings (SSSR count). The molecule has 1 saturated carbocycles. The molecule has 0 unspecified atom stereocenters. The van der Waals surface area contributed by atoms with Gasteiger partial charge >= 0.3 is 5.97 Å². The van der Waals surface area contributed by atoms with Gasteiger partial charge in [0.15, 0.2) is 0 Å². The number of esters is 1. The summed E-state index contributed by atoms with van der Waals surface area (Å²) in [5.74, 6) is -0.856. The molecule has 0 bridgehead atoms. The molecule has 0 saturated heterocycles. The average molecular weight is 552 g/mol. The van der Waals surface area contributed by atoms with E-state index in [1.807, 2.05) is 6.92 Å². The number of anilines is 1. The van der Waals surface area contributed by atoms with Crippen molar-refractivity contribution in [2.24, 2.45) is 7.05 Å². The third-order valence-corrected chi connectivity index (χ3v) is 8.07. The molecule has 11 heteroatoms. The number of aryl methyl sites for hydroxylation is 1. The van der Waals surface area contributed by atoms with Crippen LogP contribution in [0.3, 0.4) is 0 Å². The van der Waals surface area contributed by atoms with Crippen molar-refractivity contribution in [2.75, 3.05) is 17.5 Å². The Hall–Kier alpha value is -2.75. The minimum atomic E-state index is -4.25. The van der Waals surface area contributed by atoms with Crippen molar-refractivity contribution in [3.05, 3.63) is 58.2 Å². The van der Waals surface area contributed by atoms with Crippen molar-refractivity contribution in [1.82, 2.24) is 9.88 Å². The van der Waals surface area contributed by atoms with Crippen LogP contribution in [0, 0.1) is 0 Å². The number of fused-ring (bicyclic) bond motifs is 1. The van der Waals surface area contributed by atoms with Crippen LogP contribution in [0.1, 0.15) is 43.0 Å². The Labute approximate surface area is 220 Å². The molecule has 8 nitrogen and oxygen atoms in total. The number of hydrogen-bond acceptors (Lipinski definition) is 5. The molecule has 1 N–H and O–H groups in total. The molecule has 1 aromatic heterocycles. The topological polar surface area (TPSA) is 97.7 Å². The van der Waals surface area contributed by atoms with E-state index >= 15 is 0 Å². The van der Waals surface area contributed by atoms with E-state index < -0.39 is 22.5 Å². The van der Waals surface area contributed by atoms with Crippen LogP contribution in [0.25, 0.3) is 10.9 Å². The maximum absolute atomic E-state index is 13.7. The van der Waals surface area contributed by atoms with E-state index in [9.17, 15) is 18.0 Å². The second-order valence-electron chi connectivity index (χ2n) is 8.79. The molecule has 36 heavy (non-hydrogen) atoms. The van der Waals surface area contributed by atoms with Gasteiger partial charge in [-0.3, -0.25) is 13.9 Å². The number of sulfonamides is 1. The highest BCUT2D eigenvalue weighted by Gasteiger charge is 2.30. The van der Waals surface area contributed by atoms with Crippen LogP contribution < -0.4 is 9.62 Å². The van der Waals surface area contributed by atoms with Crippen molar-refractivity contribution >= 4 is 61.7 Å². The zero-order valence-electron chi connectivity index (χ0n) is 20.0. The van der Waals surface area contributed by atoms with Crippen molar-refractivity contribution in [3.8, 4) is 0 Å². The Kier molecular flexibility index (Phi) is 7.82. The molecule has 192 valence electrons. The number of aromatic nitrogens is 1. The summed E-state index contributed by atoms with van der Waals surface area (Å²) in [6.07, 6.45) is 5.14. The Bertz CT molecular complexity index is 1400. The molecule has 0 atom stereocenters. The molecule has 1 aliphatic carbocycles. The zero-order valence-corrected chi connectivity index (χ0v) is 22.3. The lowest BCUT2D eigenvalue weighted by molar-refractivity contribution is -0.141. The first-order valence-corrected chi connectivity index (χ1v) is 13.8. The average Bonchev–Trinajstić information content (AvgIpc) is 3.57. The van der Waals surface area contributed by atoms with Crippen LogP contribution in [0.15, 0.2) is 47.5 Å². The predicted octanol–water partition coefficient (Wildman–Crippen LogP) is 4.92. The lowest BCUT2D eigenvalue weighted by Gasteiger charge is -2.24. The second-order valence-corrected chi connectivity index (χ2v) is 11.5. The minimum Gasteiger partial charge on any atom is -0.464 e. The Morgan fingerprint density at radius 3 is 2.47 bits per heavy atom. The van der Waals surface area contributed by atoms with E-state index in [4.69, 9.17) is 27.9 Å². The van der Waals surface area contributed by atoms with Crippen LogP contribution in [-0.4, -0.2) is 44.1 Å². The maximum atomic E-state index is 13.7. The van der Waals surface area contributed by atoms with Gasteiger partial charge in [-0.2, -0.15) is 0 Å². The number of amides is 1. The van der Waals surface area contributed by atoms with E-state index in [0.29, 0.717) is 22.9 Å². The SMILES string of the molecule is CCCCOC(=O)CN(c1ccc2c(C(=O)NC3CC3)cn(C)c2c1)S(=O)(=O)c1cc(Cl)cc(Cl)c1. The normalized spacial score (nSPS) is 13.6. The lowest BCUT2D eigenvalue weighted by atomic mass is 10.1. The predicted molar refractivity (Wildman–Crippen MR) is 140 cm³/mol. The van der Waals surface area contributed by atoms with E-state index in [2.05, 4.69) is 5.32 Å². The molecule has 1 aliphatic rings. The molecule has 0 aliphatic heterocycles. The molecule has 1 heterocycles. The highest BCUT2D eigenvalue weighted by Crippen LogP contribution is 2.32. The number of hydrogen-bond donors (Lipinski definition) is 1. The van der Waals surface area contributed by atoms with Gasteiger partial charge in [0.2, 0.25) is 0 Å². The first kappa shape index (κ1) is 26.3. The smallest absolute Gasteiger partial charge is 0.326 e. The maximum Gasteiger partial charge on any atom is 0.326 e. The molecular weight excluding hydrogens is 525 g/mol. The van der Waals surface area contributed by atoms with E-state index in [0.717, 1.165) is 23.6 Å². The van der Waals surface area contributed by atoms with Crippen LogP contribution >= 0.6 is 23.2 Å². The number of carbonyl (C=O) groups is 2. The van der Waals surface area contributed by atoms with Gasteiger partial charge in [0.25, 0.3) is 15.9 Å². The highest BCUT2D eigenvalue weighted by molar-refractivity contribution is 7.92. The fraction of sp³-hybridized carbons (Fsp3) is 0.360. The summed E-state index contributed by atoms with van der Waals surface area (Å²) in [5, 5.41) is 3.95. The van der Waals surface area contributed by atoms with Crippen molar-refractivity contribution in [3.63, 3.8) is 0 Å². The third kappa shape index (κ3) is 5.79. The number of carbonyl (C=O) groups excluding carboxylic acids is 2. The monoisotopic (exact) mass is 551 g/mol. The summed E-state index contributed by atoms with van der Waals surface area (Å²) in [7, 11) is -2.48. The minimum absolute atomic E-state index is 0.149. The number of rotatable bonds is 10. The third-order valence-electron chi connectivity index (χ3n) is 5.88. The molecule has 1 amide bonds. The molecular formula is C25H27Cl2N3O5S. The quantitative estimate of drug-likeness (QED) is 0.285. The highest BCUT2D eigenvalue weighted by atomic mass is 35.5. The molecule has 0 spiro atoms. The number of ether oxygens (including phenoxy) is 1. The second kappa shape index (κ2) is 10.7. The summed E-state index contributed by atoms with van der Waals surface area (Å²) >= 11 is 12.1. The van der Waals surface area contributed by atoms with E-state index in [1.165, 1.54) is 18.2 Å². The van der Waals surface area contributed by atoms with Crippen molar-refractivity contribution < 1.29 is 22.7 Å². The zero-order chi connectivity index (χ0) is 26.0. The first-order valence-electron chi connectivity index (χ1n) is 11.6. The van der Waals surface area contributed by atoms with Gasteiger partial charge in [0, 0.05) is 34.7 Å². The summed E-state index contributed by atoms with van der Waals surface area (Å²) in [5.41, 5.74) is 1.37. The fourth-order valence-electron chi connectivity index (χ4n) is 3.81. The number of nitrogens with zero attached hydrogens (tertiary/aromatic N) is 2. The van der Waals surface area contributed by atoms with Gasteiger partial charge in [-0.05, 0) is 55.7 Å². The lowest BCUT2D eigenvalue weighted by Crippen LogP contribution is -2.36.